The van der Waals surface area contributed by atoms with E-state index in [1.807, 2.05) is 12.1 Å². The molecule has 0 aliphatic rings. The van der Waals surface area contributed by atoms with Crippen LogP contribution in [0.5, 0.6) is 0 Å². The molecule has 72 valence electrons. The van der Waals surface area contributed by atoms with Crippen molar-refractivity contribution in [3.63, 3.8) is 0 Å². The zero-order valence-electron chi connectivity index (χ0n) is 8.87. The molecule has 14 heavy (non-hydrogen) atoms. The average molecular weight is 203 g/mol. The second-order valence-electron chi connectivity index (χ2n) is 4.13. The lowest BCUT2D eigenvalue weighted by atomic mass is 9.87. The molecule has 0 atom stereocenters. The first kappa shape index (κ1) is 13.5. The molecule has 0 unspecified atom stereocenters. The summed E-state index contributed by atoms with van der Waals surface area (Å²) in [5.41, 5.74) is 1.57. The van der Waals surface area contributed by atoms with Crippen molar-refractivity contribution in [2.24, 2.45) is 0 Å². The van der Waals surface area contributed by atoms with Crippen molar-refractivity contribution in [1.82, 2.24) is 0 Å². The van der Waals surface area contributed by atoms with E-state index < -0.39 is 5.97 Å². The third kappa shape index (κ3) is 3.31. The lowest BCUT2D eigenvalue weighted by Crippen LogP contribution is -2.11. The van der Waals surface area contributed by atoms with Gasteiger partial charge in [-0.2, -0.15) is 0 Å². The summed E-state index contributed by atoms with van der Waals surface area (Å²) in [6, 6.07) is 7.01. The molecule has 1 N–H and O–H groups in total. The van der Waals surface area contributed by atoms with E-state index >= 15 is 0 Å². The summed E-state index contributed by atoms with van der Waals surface area (Å²) in [7, 11) is 0. The predicted octanol–water partition coefficient (Wildman–Crippen LogP) is 2.30. The number of carbonyl (C=O) groups is 1. The minimum atomic E-state index is -0.875. The van der Waals surface area contributed by atoms with E-state index in [1.165, 1.54) is 0 Å². The van der Waals surface area contributed by atoms with Gasteiger partial charge in [0.25, 0.3) is 0 Å². The van der Waals surface area contributed by atoms with Crippen molar-refractivity contribution in [1.29, 1.82) is 0 Å². The van der Waals surface area contributed by atoms with Crippen LogP contribution in [0.25, 0.3) is 0 Å². The molecule has 3 heteroatoms. The number of hydrogen-bond donors (Lipinski definition) is 1. The van der Waals surface area contributed by atoms with Gasteiger partial charge in [-0.1, -0.05) is 32.9 Å². The quantitative estimate of drug-likeness (QED) is 0.710. The third-order valence-corrected chi connectivity index (χ3v) is 2.00. The molecule has 0 bridgehead atoms. The van der Waals surface area contributed by atoms with E-state index in [2.05, 4.69) is 20.8 Å². The lowest BCUT2D eigenvalue weighted by molar-refractivity contribution is 0.0697. The molecular formula is C11H14MgO2. The molecule has 2 nitrogen and oxygen atoms in total. The van der Waals surface area contributed by atoms with Crippen molar-refractivity contribution in [3.8, 4) is 0 Å². The van der Waals surface area contributed by atoms with Gasteiger partial charge in [0.1, 0.15) is 0 Å². The largest absolute Gasteiger partial charge is 0.478 e. The summed E-state index contributed by atoms with van der Waals surface area (Å²) in [5, 5.41) is 8.68. The first-order valence-electron chi connectivity index (χ1n) is 4.25. The van der Waals surface area contributed by atoms with Gasteiger partial charge in [0.05, 0.1) is 5.56 Å². The highest BCUT2D eigenvalue weighted by Gasteiger charge is 2.13. The molecule has 0 amide bonds. The van der Waals surface area contributed by atoms with Crippen LogP contribution in [0.3, 0.4) is 0 Å². The second-order valence-corrected chi connectivity index (χ2v) is 4.13. The maximum Gasteiger partial charge on any atom is 0.335 e. The van der Waals surface area contributed by atoms with Crippen LogP contribution >= 0.6 is 0 Å². The summed E-state index contributed by atoms with van der Waals surface area (Å²) in [6.45, 7) is 6.30. The maximum atomic E-state index is 10.6. The molecule has 1 aromatic rings. The summed E-state index contributed by atoms with van der Waals surface area (Å²) in [5.74, 6) is -0.875. The molecular weight excluding hydrogens is 188 g/mol. The van der Waals surface area contributed by atoms with Crippen LogP contribution in [0.15, 0.2) is 24.3 Å². The highest BCUT2D eigenvalue weighted by Crippen LogP contribution is 2.21. The van der Waals surface area contributed by atoms with E-state index in [0.29, 0.717) is 5.56 Å². The van der Waals surface area contributed by atoms with E-state index in [4.69, 9.17) is 5.11 Å². The minimum absolute atomic E-state index is 0. The first-order chi connectivity index (χ1) is 5.91. The summed E-state index contributed by atoms with van der Waals surface area (Å²) >= 11 is 0. The zero-order valence-corrected chi connectivity index (χ0v) is 10.3. The fraction of sp³-hybridized carbons (Fsp3) is 0.364. The summed E-state index contributed by atoms with van der Waals surface area (Å²) in [6.07, 6.45) is 0. The number of hydrogen-bond acceptors (Lipinski definition) is 1. The Hall–Kier alpha value is -0.544. The van der Waals surface area contributed by atoms with Crippen LogP contribution in [0, 0.1) is 0 Å². The summed E-state index contributed by atoms with van der Waals surface area (Å²) < 4.78 is 0. The Kier molecular flexibility index (Phi) is 4.61. The van der Waals surface area contributed by atoms with Crippen LogP contribution in [0.2, 0.25) is 0 Å². The van der Waals surface area contributed by atoms with Crippen molar-refractivity contribution >= 4 is 29.0 Å². The van der Waals surface area contributed by atoms with Gasteiger partial charge in [-0.05, 0) is 23.1 Å². The van der Waals surface area contributed by atoms with Gasteiger partial charge in [0.2, 0.25) is 0 Å². The van der Waals surface area contributed by atoms with Gasteiger partial charge in [0.15, 0.2) is 0 Å². The van der Waals surface area contributed by atoms with Gasteiger partial charge in [0, 0.05) is 23.1 Å². The Morgan fingerprint density at radius 3 is 1.86 bits per heavy atom. The third-order valence-electron chi connectivity index (χ3n) is 2.00. The fourth-order valence-electron chi connectivity index (χ4n) is 1.11. The molecule has 0 fully saturated rings. The molecule has 0 heterocycles. The van der Waals surface area contributed by atoms with Crippen LogP contribution < -0.4 is 0 Å². The van der Waals surface area contributed by atoms with Gasteiger partial charge >= 0.3 is 5.97 Å². The monoisotopic (exact) mass is 202 g/mol. The molecule has 0 aromatic heterocycles. The van der Waals surface area contributed by atoms with E-state index in [-0.39, 0.29) is 28.5 Å². The second kappa shape index (κ2) is 4.80. The first-order valence-corrected chi connectivity index (χ1v) is 4.25. The average Bonchev–Trinajstić information content (AvgIpc) is 2.03. The molecule has 1 rings (SSSR count). The molecule has 0 saturated heterocycles. The normalized spacial score (nSPS) is 10.5. The van der Waals surface area contributed by atoms with E-state index in [9.17, 15) is 4.79 Å². The number of carboxylic acids is 1. The predicted molar refractivity (Wildman–Crippen MR) is 57.9 cm³/mol. The molecule has 0 saturated carbocycles. The number of aromatic carboxylic acids is 1. The van der Waals surface area contributed by atoms with E-state index in [1.54, 1.807) is 12.1 Å². The fourth-order valence-corrected chi connectivity index (χ4v) is 1.11. The molecule has 2 radical (unpaired) electrons. The number of rotatable bonds is 1. The smallest absolute Gasteiger partial charge is 0.335 e. The number of benzene rings is 1. The Balaban J connectivity index is 0.00000169. The van der Waals surface area contributed by atoms with Gasteiger partial charge in [-0.15, -0.1) is 0 Å². The molecule has 0 spiro atoms. The molecule has 0 aliphatic carbocycles. The lowest BCUT2D eigenvalue weighted by Gasteiger charge is -2.18. The Bertz CT molecular complexity index is 309. The Labute approximate surface area is 100 Å². The van der Waals surface area contributed by atoms with Gasteiger partial charge < -0.3 is 5.11 Å². The van der Waals surface area contributed by atoms with Crippen molar-refractivity contribution < 1.29 is 9.90 Å². The van der Waals surface area contributed by atoms with Crippen molar-refractivity contribution in [2.45, 2.75) is 26.2 Å². The van der Waals surface area contributed by atoms with E-state index in [0.717, 1.165) is 5.56 Å². The Morgan fingerprint density at radius 2 is 1.57 bits per heavy atom. The molecule has 0 aliphatic heterocycles. The van der Waals surface area contributed by atoms with Gasteiger partial charge in [-0.25, -0.2) is 4.79 Å². The zero-order chi connectivity index (χ0) is 10.1. The minimum Gasteiger partial charge on any atom is -0.478 e. The topological polar surface area (TPSA) is 37.3 Å². The van der Waals surface area contributed by atoms with Gasteiger partial charge in [-0.3, -0.25) is 0 Å². The highest BCUT2D eigenvalue weighted by molar-refractivity contribution is 5.87. The van der Waals surface area contributed by atoms with Crippen LogP contribution in [-0.2, 0) is 5.41 Å². The van der Waals surface area contributed by atoms with Crippen molar-refractivity contribution in [2.75, 3.05) is 0 Å². The SMILES string of the molecule is CC(C)(C)c1ccc(C(=O)O)cc1.[Mg]. The summed E-state index contributed by atoms with van der Waals surface area (Å²) in [4.78, 5) is 10.6. The Morgan fingerprint density at radius 1 is 1.14 bits per heavy atom. The maximum absolute atomic E-state index is 10.6. The standard InChI is InChI=1S/C11H14O2.Mg/c1-11(2,3)9-6-4-8(5-7-9)10(12)13;/h4-7H,1-3H3,(H,12,13);. The van der Waals surface area contributed by atoms with Crippen LogP contribution in [0.1, 0.15) is 36.7 Å². The van der Waals surface area contributed by atoms with Crippen molar-refractivity contribution in [3.05, 3.63) is 35.4 Å². The molecule has 1 aromatic carbocycles. The van der Waals surface area contributed by atoms with Crippen LogP contribution in [0.4, 0.5) is 0 Å². The number of carboxylic acid groups (broad SMARTS) is 1. The highest BCUT2D eigenvalue weighted by atomic mass is 24.3. The van der Waals surface area contributed by atoms with Crippen LogP contribution in [-0.4, -0.2) is 34.1 Å².